The highest BCUT2D eigenvalue weighted by Gasteiger charge is 2.14. The van der Waals surface area contributed by atoms with E-state index in [-0.39, 0.29) is 17.7 Å². The number of halogens is 2. The fourth-order valence-electron chi connectivity index (χ4n) is 1.98. The number of hydrogen-bond donors (Lipinski definition) is 2. The highest BCUT2D eigenvalue weighted by molar-refractivity contribution is 5.28. The van der Waals surface area contributed by atoms with Gasteiger partial charge in [0.05, 0.1) is 6.04 Å². The van der Waals surface area contributed by atoms with E-state index in [1.54, 1.807) is 37.3 Å². The first-order chi connectivity index (χ1) is 9.11. The third-order valence-corrected chi connectivity index (χ3v) is 3.18. The molecule has 19 heavy (non-hydrogen) atoms. The standard InChI is InChI=1S/C15H16F2N2/c1-10-6-7-12(8-14(10)17)15(19-18)9-11-4-2-3-5-13(11)16/h2-8,15,19H,9,18H2,1H3. The van der Waals surface area contributed by atoms with Gasteiger partial charge in [-0.3, -0.25) is 11.3 Å². The Morgan fingerprint density at radius 1 is 1.11 bits per heavy atom. The fourth-order valence-corrected chi connectivity index (χ4v) is 1.98. The summed E-state index contributed by atoms with van der Waals surface area (Å²) in [6.07, 6.45) is 0.367. The summed E-state index contributed by atoms with van der Waals surface area (Å²) >= 11 is 0. The van der Waals surface area contributed by atoms with Crippen LogP contribution >= 0.6 is 0 Å². The van der Waals surface area contributed by atoms with E-state index in [1.807, 2.05) is 0 Å². The smallest absolute Gasteiger partial charge is 0.126 e. The van der Waals surface area contributed by atoms with Gasteiger partial charge >= 0.3 is 0 Å². The molecule has 1 unspecified atom stereocenters. The highest BCUT2D eigenvalue weighted by Crippen LogP contribution is 2.21. The predicted molar refractivity (Wildman–Crippen MR) is 71.3 cm³/mol. The van der Waals surface area contributed by atoms with Crippen molar-refractivity contribution in [1.82, 2.24) is 5.43 Å². The molecule has 0 aliphatic carbocycles. The molecule has 2 aromatic rings. The fraction of sp³-hybridized carbons (Fsp3) is 0.200. The Labute approximate surface area is 111 Å². The van der Waals surface area contributed by atoms with Crippen LogP contribution in [0.4, 0.5) is 8.78 Å². The first kappa shape index (κ1) is 13.6. The van der Waals surface area contributed by atoms with Gasteiger partial charge in [-0.15, -0.1) is 0 Å². The zero-order valence-corrected chi connectivity index (χ0v) is 10.7. The van der Waals surface area contributed by atoms with Gasteiger partial charge in [-0.05, 0) is 42.2 Å². The molecule has 0 saturated heterocycles. The lowest BCUT2D eigenvalue weighted by Crippen LogP contribution is -2.30. The Kier molecular flexibility index (Phi) is 4.24. The van der Waals surface area contributed by atoms with E-state index < -0.39 is 0 Å². The Bertz CT molecular complexity index is 570. The highest BCUT2D eigenvalue weighted by atomic mass is 19.1. The number of aryl methyl sites for hydroxylation is 1. The van der Waals surface area contributed by atoms with Gasteiger partial charge in [-0.25, -0.2) is 8.78 Å². The van der Waals surface area contributed by atoms with E-state index in [9.17, 15) is 8.78 Å². The van der Waals surface area contributed by atoms with Crippen molar-refractivity contribution in [3.8, 4) is 0 Å². The molecule has 2 rings (SSSR count). The van der Waals surface area contributed by atoms with Crippen LogP contribution in [-0.4, -0.2) is 0 Å². The summed E-state index contributed by atoms with van der Waals surface area (Å²) in [4.78, 5) is 0. The second-order valence-electron chi connectivity index (χ2n) is 4.52. The molecule has 4 heteroatoms. The number of nitrogens with two attached hydrogens (primary N) is 1. The minimum absolute atomic E-state index is 0.282. The van der Waals surface area contributed by atoms with Crippen LogP contribution in [0.25, 0.3) is 0 Å². The van der Waals surface area contributed by atoms with E-state index in [0.717, 1.165) is 0 Å². The van der Waals surface area contributed by atoms with Gasteiger partial charge in [-0.1, -0.05) is 30.3 Å². The van der Waals surface area contributed by atoms with Crippen LogP contribution in [-0.2, 0) is 6.42 Å². The maximum Gasteiger partial charge on any atom is 0.126 e. The number of benzene rings is 2. The summed E-state index contributed by atoms with van der Waals surface area (Å²) in [5, 5.41) is 0. The lowest BCUT2D eigenvalue weighted by Gasteiger charge is -2.17. The van der Waals surface area contributed by atoms with Gasteiger partial charge < -0.3 is 0 Å². The molecule has 0 heterocycles. The van der Waals surface area contributed by atoms with Gasteiger partial charge in [0.25, 0.3) is 0 Å². The molecular weight excluding hydrogens is 246 g/mol. The first-order valence-corrected chi connectivity index (χ1v) is 6.07. The third-order valence-electron chi connectivity index (χ3n) is 3.18. The van der Waals surface area contributed by atoms with Crippen LogP contribution in [0.2, 0.25) is 0 Å². The monoisotopic (exact) mass is 262 g/mol. The average Bonchev–Trinajstić information content (AvgIpc) is 2.41. The molecule has 2 nitrogen and oxygen atoms in total. The molecule has 0 bridgehead atoms. The molecular formula is C15H16F2N2. The SMILES string of the molecule is Cc1ccc(C(Cc2ccccc2F)NN)cc1F. The molecule has 0 saturated carbocycles. The molecule has 0 amide bonds. The molecule has 100 valence electrons. The normalized spacial score (nSPS) is 12.4. The summed E-state index contributed by atoms with van der Waals surface area (Å²) < 4.78 is 27.2. The lowest BCUT2D eigenvalue weighted by molar-refractivity contribution is 0.524. The molecule has 0 spiro atoms. The van der Waals surface area contributed by atoms with Gasteiger partial charge in [0.2, 0.25) is 0 Å². The lowest BCUT2D eigenvalue weighted by atomic mass is 9.98. The van der Waals surface area contributed by atoms with Crippen molar-refractivity contribution in [3.63, 3.8) is 0 Å². The Morgan fingerprint density at radius 2 is 1.84 bits per heavy atom. The zero-order valence-electron chi connectivity index (χ0n) is 10.7. The quantitative estimate of drug-likeness (QED) is 0.656. The second-order valence-corrected chi connectivity index (χ2v) is 4.52. The number of hydrogen-bond acceptors (Lipinski definition) is 2. The van der Waals surface area contributed by atoms with Gasteiger partial charge in [-0.2, -0.15) is 0 Å². The summed E-state index contributed by atoms with van der Waals surface area (Å²) in [5.74, 6) is 4.93. The molecule has 0 radical (unpaired) electrons. The number of hydrazine groups is 1. The van der Waals surface area contributed by atoms with Crippen LogP contribution in [0.1, 0.15) is 22.7 Å². The largest absolute Gasteiger partial charge is 0.271 e. The van der Waals surface area contributed by atoms with E-state index in [4.69, 9.17) is 5.84 Å². The minimum Gasteiger partial charge on any atom is -0.271 e. The van der Waals surface area contributed by atoms with Crippen molar-refractivity contribution in [3.05, 3.63) is 70.8 Å². The van der Waals surface area contributed by atoms with Crippen molar-refractivity contribution in [2.75, 3.05) is 0 Å². The Morgan fingerprint density at radius 3 is 2.47 bits per heavy atom. The van der Waals surface area contributed by atoms with E-state index in [2.05, 4.69) is 5.43 Å². The van der Waals surface area contributed by atoms with Crippen molar-refractivity contribution in [2.24, 2.45) is 5.84 Å². The first-order valence-electron chi connectivity index (χ1n) is 6.07. The summed E-state index contributed by atoms with van der Waals surface area (Å²) in [7, 11) is 0. The number of nitrogens with one attached hydrogen (secondary N) is 1. The minimum atomic E-state index is -0.327. The molecule has 0 fully saturated rings. The summed E-state index contributed by atoms with van der Waals surface area (Å²) in [6, 6.07) is 11.1. The van der Waals surface area contributed by atoms with Gasteiger partial charge in [0.1, 0.15) is 11.6 Å². The topological polar surface area (TPSA) is 38.0 Å². The molecule has 0 aromatic heterocycles. The number of rotatable bonds is 4. The summed E-state index contributed by atoms with van der Waals surface area (Å²) in [6.45, 7) is 1.70. The molecule has 3 N–H and O–H groups in total. The predicted octanol–water partition coefficient (Wildman–Crippen LogP) is 3.02. The second kappa shape index (κ2) is 5.91. The van der Waals surface area contributed by atoms with E-state index in [0.29, 0.717) is 23.1 Å². The molecule has 2 aromatic carbocycles. The van der Waals surface area contributed by atoms with Crippen LogP contribution in [0.3, 0.4) is 0 Å². The summed E-state index contributed by atoms with van der Waals surface area (Å²) in [5.41, 5.74) is 4.43. The van der Waals surface area contributed by atoms with Crippen LogP contribution in [0, 0.1) is 18.6 Å². The van der Waals surface area contributed by atoms with Crippen molar-refractivity contribution in [1.29, 1.82) is 0 Å². The van der Waals surface area contributed by atoms with Gasteiger partial charge in [0, 0.05) is 0 Å². The maximum atomic E-state index is 13.6. The third kappa shape index (κ3) is 3.16. The van der Waals surface area contributed by atoms with Crippen LogP contribution < -0.4 is 11.3 Å². The van der Waals surface area contributed by atoms with Crippen LogP contribution in [0.15, 0.2) is 42.5 Å². The Hall–Kier alpha value is -1.78. The van der Waals surface area contributed by atoms with Crippen LogP contribution in [0.5, 0.6) is 0 Å². The van der Waals surface area contributed by atoms with E-state index >= 15 is 0 Å². The maximum absolute atomic E-state index is 13.6. The van der Waals surface area contributed by atoms with Gasteiger partial charge in [0.15, 0.2) is 0 Å². The molecule has 1 atom stereocenters. The zero-order chi connectivity index (χ0) is 13.8. The average molecular weight is 262 g/mol. The molecule has 0 aliphatic rings. The van der Waals surface area contributed by atoms with Crippen molar-refractivity contribution < 1.29 is 8.78 Å². The van der Waals surface area contributed by atoms with Crippen molar-refractivity contribution >= 4 is 0 Å². The Balaban J connectivity index is 2.25. The van der Waals surface area contributed by atoms with Crippen molar-refractivity contribution in [2.45, 2.75) is 19.4 Å². The molecule has 0 aliphatic heterocycles. The van der Waals surface area contributed by atoms with E-state index in [1.165, 1.54) is 12.1 Å².